The van der Waals surface area contributed by atoms with Gasteiger partial charge in [-0.25, -0.2) is 4.98 Å². The van der Waals surface area contributed by atoms with Gasteiger partial charge in [0.2, 0.25) is 0 Å². The topological polar surface area (TPSA) is 43.1 Å². The van der Waals surface area contributed by atoms with Gasteiger partial charge in [0.15, 0.2) is 5.16 Å². The van der Waals surface area contributed by atoms with Gasteiger partial charge in [0.05, 0.1) is 0 Å². The van der Waals surface area contributed by atoms with Crippen LogP contribution in [0.3, 0.4) is 0 Å². The van der Waals surface area contributed by atoms with Gasteiger partial charge in [-0.05, 0) is 19.9 Å². The number of hydrogen-bond donors (Lipinski definition) is 0. The fraction of sp³-hybridized carbons (Fsp3) is 0.300. The van der Waals surface area contributed by atoms with E-state index in [0.29, 0.717) is 5.78 Å². The molecule has 15 heavy (non-hydrogen) atoms. The Hall–Kier alpha value is -1.36. The van der Waals surface area contributed by atoms with Gasteiger partial charge in [-0.3, -0.25) is 4.40 Å². The highest BCUT2D eigenvalue weighted by Crippen LogP contribution is 2.18. The van der Waals surface area contributed by atoms with Crippen molar-refractivity contribution in [2.45, 2.75) is 19.0 Å². The lowest BCUT2D eigenvalue weighted by Gasteiger charge is -2.02. The maximum atomic E-state index is 4.32. The molecule has 0 spiro atoms. The van der Waals surface area contributed by atoms with Crippen LogP contribution in [0.1, 0.15) is 11.4 Å². The highest BCUT2D eigenvalue weighted by Gasteiger charge is 2.08. The molecular formula is C10H12N4S. The van der Waals surface area contributed by atoms with Crippen molar-refractivity contribution in [2.24, 2.45) is 0 Å². The number of hydrogen-bond acceptors (Lipinski definition) is 4. The third-order valence-electron chi connectivity index (χ3n) is 1.99. The number of aryl methyl sites for hydroxylation is 2. The molecule has 0 N–H and O–H groups in total. The maximum Gasteiger partial charge on any atom is 0.256 e. The molecule has 0 saturated heterocycles. The van der Waals surface area contributed by atoms with Crippen LogP contribution in [-0.4, -0.2) is 25.3 Å². The van der Waals surface area contributed by atoms with Crippen LogP contribution in [0.25, 0.3) is 5.78 Å². The first-order chi connectivity index (χ1) is 7.22. The molecule has 0 aliphatic heterocycles. The lowest BCUT2D eigenvalue weighted by Crippen LogP contribution is -1.97. The van der Waals surface area contributed by atoms with Crippen molar-refractivity contribution >= 4 is 17.5 Å². The van der Waals surface area contributed by atoms with Gasteiger partial charge in [0, 0.05) is 17.1 Å². The van der Waals surface area contributed by atoms with Crippen molar-refractivity contribution in [2.75, 3.05) is 5.75 Å². The maximum absolute atomic E-state index is 4.32. The van der Waals surface area contributed by atoms with Crippen LogP contribution in [0.2, 0.25) is 0 Å². The molecule has 2 rings (SSSR count). The van der Waals surface area contributed by atoms with Crippen LogP contribution < -0.4 is 0 Å². The third-order valence-corrected chi connectivity index (χ3v) is 2.92. The second kappa shape index (κ2) is 4.02. The number of rotatable bonds is 3. The van der Waals surface area contributed by atoms with E-state index in [2.05, 4.69) is 21.8 Å². The molecule has 2 aromatic heterocycles. The highest BCUT2D eigenvalue weighted by molar-refractivity contribution is 7.99. The molecule has 0 fully saturated rings. The van der Waals surface area contributed by atoms with E-state index in [0.717, 1.165) is 22.3 Å². The van der Waals surface area contributed by atoms with E-state index in [1.807, 2.05) is 30.4 Å². The minimum atomic E-state index is 0.666. The van der Waals surface area contributed by atoms with Crippen LogP contribution in [0.5, 0.6) is 0 Å². The Kier molecular flexibility index (Phi) is 2.73. The van der Waals surface area contributed by atoms with Gasteiger partial charge in [-0.2, -0.15) is 0 Å². The van der Waals surface area contributed by atoms with Crippen molar-refractivity contribution in [1.82, 2.24) is 19.6 Å². The molecule has 0 aromatic carbocycles. The van der Waals surface area contributed by atoms with Gasteiger partial charge in [-0.15, -0.1) is 16.8 Å². The van der Waals surface area contributed by atoms with E-state index in [1.54, 1.807) is 11.8 Å². The molecule has 2 heterocycles. The van der Waals surface area contributed by atoms with E-state index >= 15 is 0 Å². The summed E-state index contributed by atoms with van der Waals surface area (Å²) >= 11 is 1.61. The molecule has 78 valence electrons. The van der Waals surface area contributed by atoms with Gasteiger partial charge >= 0.3 is 0 Å². The predicted octanol–water partition coefficient (Wildman–Crippen LogP) is 2.02. The summed E-state index contributed by atoms with van der Waals surface area (Å²) in [6, 6.07) is 2.02. The van der Waals surface area contributed by atoms with E-state index in [-0.39, 0.29) is 0 Å². The van der Waals surface area contributed by atoms with Crippen molar-refractivity contribution in [3.05, 3.63) is 30.1 Å². The molecule has 0 saturated carbocycles. The van der Waals surface area contributed by atoms with Crippen molar-refractivity contribution in [1.29, 1.82) is 0 Å². The Morgan fingerprint density at radius 3 is 3.00 bits per heavy atom. The largest absolute Gasteiger partial charge is 0.259 e. The minimum Gasteiger partial charge on any atom is -0.259 e. The minimum absolute atomic E-state index is 0.666. The summed E-state index contributed by atoms with van der Waals surface area (Å²) in [7, 11) is 0. The first-order valence-electron chi connectivity index (χ1n) is 4.65. The van der Waals surface area contributed by atoms with Crippen molar-refractivity contribution in [3.63, 3.8) is 0 Å². The van der Waals surface area contributed by atoms with E-state index < -0.39 is 0 Å². The molecule has 0 radical (unpaired) electrons. The molecule has 5 heteroatoms. The number of nitrogens with zero attached hydrogens (tertiary/aromatic N) is 4. The summed E-state index contributed by atoms with van der Waals surface area (Å²) < 4.78 is 1.96. The molecule has 0 aliphatic carbocycles. The lowest BCUT2D eigenvalue weighted by molar-refractivity contribution is 0.887. The summed E-state index contributed by atoms with van der Waals surface area (Å²) in [6.07, 6.45) is 1.85. The Balaban J connectivity index is 2.53. The Morgan fingerprint density at radius 2 is 2.27 bits per heavy atom. The molecule has 0 aliphatic rings. The van der Waals surface area contributed by atoms with Crippen LogP contribution >= 0.6 is 11.8 Å². The quantitative estimate of drug-likeness (QED) is 0.586. The molecule has 4 nitrogen and oxygen atoms in total. The standard InChI is InChI=1S/C10H12N4S/c1-4-5-15-10-13-12-9-11-7(2)6-8(3)14(9)10/h4,6H,1,5H2,2-3H3. The zero-order valence-electron chi connectivity index (χ0n) is 8.77. The normalized spacial score (nSPS) is 10.8. The van der Waals surface area contributed by atoms with Gasteiger partial charge in [0.25, 0.3) is 5.78 Å². The van der Waals surface area contributed by atoms with E-state index in [9.17, 15) is 0 Å². The highest BCUT2D eigenvalue weighted by atomic mass is 32.2. The SMILES string of the molecule is C=CCSc1nnc2nc(C)cc(C)n12. The average molecular weight is 220 g/mol. The number of fused-ring (bicyclic) bond motifs is 1. The second-order valence-electron chi connectivity index (χ2n) is 3.26. The third kappa shape index (κ3) is 1.87. The monoisotopic (exact) mass is 220 g/mol. The number of aromatic nitrogens is 4. The molecule has 0 atom stereocenters. The van der Waals surface area contributed by atoms with E-state index in [4.69, 9.17) is 0 Å². The zero-order chi connectivity index (χ0) is 10.8. The molecule has 0 amide bonds. The molecular weight excluding hydrogens is 208 g/mol. The fourth-order valence-corrected chi connectivity index (χ4v) is 2.15. The Morgan fingerprint density at radius 1 is 1.47 bits per heavy atom. The molecule has 2 aromatic rings. The summed E-state index contributed by atoms with van der Waals surface area (Å²) in [5.74, 6) is 1.49. The first kappa shape index (κ1) is 10.2. The van der Waals surface area contributed by atoms with Gasteiger partial charge in [0.1, 0.15) is 0 Å². The van der Waals surface area contributed by atoms with Crippen LogP contribution in [-0.2, 0) is 0 Å². The average Bonchev–Trinajstić information content (AvgIpc) is 2.58. The van der Waals surface area contributed by atoms with Crippen LogP contribution in [0, 0.1) is 13.8 Å². The Labute approximate surface area is 92.4 Å². The first-order valence-corrected chi connectivity index (χ1v) is 5.64. The smallest absolute Gasteiger partial charge is 0.256 e. The van der Waals surface area contributed by atoms with Crippen molar-refractivity contribution < 1.29 is 0 Å². The van der Waals surface area contributed by atoms with E-state index in [1.165, 1.54) is 0 Å². The predicted molar refractivity (Wildman–Crippen MR) is 61.2 cm³/mol. The van der Waals surface area contributed by atoms with Gasteiger partial charge in [-0.1, -0.05) is 17.8 Å². The zero-order valence-corrected chi connectivity index (χ0v) is 9.58. The summed E-state index contributed by atoms with van der Waals surface area (Å²) in [4.78, 5) is 4.32. The summed E-state index contributed by atoms with van der Waals surface area (Å²) in [5, 5.41) is 9.01. The van der Waals surface area contributed by atoms with Crippen LogP contribution in [0.4, 0.5) is 0 Å². The summed E-state index contributed by atoms with van der Waals surface area (Å²) in [5.41, 5.74) is 2.07. The number of thioether (sulfide) groups is 1. The van der Waals surface area contributed by atoms with Crippen molar-refractivity contribution in [3.8, 4) is 0 Å². The lowest BCUT2D eigenvalue weighted by atomic mass is 10.3. The molecule has 0 unspecified atom stereocenters. The van der Waals surface area contributed by atoms with Crippen LogP contribution in [0.15, 0.2) is 23.9 Å². The van der Waals surface area contributed by atoms with Gasteiger partial charge < -0.3 is 0 Å². The Bertz CT molecular complexity index is 503. The summed E-state index contributed by atoms with van der Waals surface area (Å²) in [6.45, 7) is 7.67. The molecule has 0 bridgehead atoms. The fourth-order valence-electron chi connectivity index (χ4n) is 1.43. The second-order valence-corrected chi connectivity index (χ2v) is 4.24.